The molecular formula is C10H9BrClF3O. The predicted molar refractivity (Wildman–Crippen MR) is 60.0 cm³/mol. The summed E-state index contributed by atoms with van der Waals surface area (Å²) in [5, 5.41) is 0.831. The highest BCUT2D eigenvalue weighted by Crippen LogP contribution is 2.25. The highest BCUT2D eigenvalue weighted by molar-refractivity contribution is 9.09. The normalized spacial score (nSPS) is 13.8. The van der Waals surface area contributed by atoms with Crippen molar-refractivity contribution in [3.63, 3.8) is 0 Å². The highest BCUT2D eigenvalue weighted by Gasteiger charge is 2.29. The van der Waals surface area contributed by atoms with Gasteiger partial charge in [-0.05, 0) is 17.7 Å². The fourth-order valence-corrected chi connectivity index (χ4v) is 1.79. The van der Waals surface area contributed by atoms with E-state index in [9.17, 15) is 13.2 Å². The number of benzene rings is 1. The molecule has 0 amide bonds. The molecule has 0 bridgehead atoms. The molecule has 1 atom stereocenters. The molecule has 0 N–H and O–H groups in total. The van der Waals surface area contributed by atoms with E-state index in [1.807, 2.05) is 0 Å². The zero-order valence-electron chi connectivity index (χ0n) is 8.10. The minimum Gasteiger partial charge on any atom is -0.363 e. The average molecular weight is 318 g/mol. The Bertz CT molecular complexity index is 326. The summed E-state index contributed by atoms with van der Waals surface area (Å²) in [7, 11) is 0. The molecule has 1 aromatic carbocycles. The van der Waals surface area contributed by atoms with Crippen molar-refractivity contribution < 1.29 is 17.9 Å². The van der Waals surface area contributed by atoms with Crippen LogP contribution < -0.4 is 0 Å². The summed E-state index contributed by atoms with van der Waals surface area (Å²) in [5.41, 5.74) is 0.658. The zero-order chi connectivity index (χ0) is 12.2. The Hall–Kier alpha value is -0.260. The number of hydrogen-bond donors (Lipinski definition) is 0. The number of alkyl halides is 4. The van der Waals surface area contributed by atoms with Crippen molar-refractivity contribution in [3.05, 3.63) is 34.9 Å². The number of rotatable bonds is 4. The summed E-state index contributed by atoms with van der Waals surface area (Å²) in [6, 6.07) is 6.52. The van der Waals surface area contributed by atoms with Crippen molar-refractivity contribution in [1.29, 1.82) is 0 Å². The van der Waals surface area contributed by atoms with Crippen LogP contribution in [0.1, 0.15) is 11.7 Å². The Balaban J connectivity index is 2.64. The molecule has 0 fully saturated rings. The summed E-state index contributed by atoms with van der Waals surface area (Å²) >= 11 is 8.79. The van der Waals surface area contributed by atoms with Crippen LogP contribution in [0.5, 0.6) is 0 Å². The van der Waals surface area contributed by atoms with Gasteiger partial charge >= 0.3 is 6.18 Å². The number of hydrogen-bond acceptors (Lipinski definition) is 1. The van der Waals surface area contributed by atoms with E-state index in [4.69, 9.17) is 16.3 Å². The lowest BCUT2D eigenvalue weighted by Crippen LogP contribution is -2.20. The predicted octanol–water partition coefficient (Wildman–Crippen LogP) is 4.35. The third-order valence-corrected chi connectivity index (χ3v) is 2.67. The molecule has 1 aromatic rings. The second-order valence-electron chi connectivity index (χ2n) is 3.12. The zero-order valence-corrected chi connectivity index (χ0v) is 10.4. The van der Waals surface area contributed by atoms with E-state index in [2.05, 4.69) is 15.9 Å². The summed E-state index contributed by atoms with van der Waals surface area (Å²) in [6.45, 7) is -1.26. The Kier molecular flexibility index (Phi) is 5.08. The molecule has 0 aliphatic heterocycles. The molecule has 0 radical (unpaired) electrons. The van der Waals surface area contributed by atoms with Crippen LogP contribution in [0.3, 0.4) is 0 Å². The van der Waals surface area contributed by atoms with E-state index in [1.54, 1.807) is 24.3 Å². The van der Waals surface area contributed by atoms with Gasteiger partial charge in [-0.3, -0.25) is 0 Å². The van der Waals surface area contributed by atoms with Gasteiger partial charge in [0.25, 0.3) is 0 Å². The maximum atomic E-state index is 12.0. The summed E-state index contributed by atoms with van der Waals surface area (Å²) in [6.07, 6.45) is -4.94. The van der Waals surface area contributed by atoms with E-state index in [0.29, 0.717) is 15.9 Å². The molecule has 0 aliphatic rings. The van der Waals surface area contributed by atoms with Crippen LogP contribution in [0.4, 0.5) is 13.2 Å². The first-order valence-corrected chi connectivity index (χ1v) is 5.92. The molecule has 0 saturated carbocycles. The molecule has 0 saturated heterocycles. The number of halogens is 5. The van der Waals surface area contributed by atoms with Crippen molar-refractivity contribution in [2.24, 2.45) is 0 Å². The summed E-state index contributed by atoms with van der Waals surface area (Å²) in [4.78, 5) is 0. The first-order chi connectivity index (χ1) is 7.42. The molecule has 1 nitrogen and oxygen atoms in total. The lowest BCUT2D eigenvalue weighted by Gasteiger charge is -2.17. The van der Waals surface area contributed by atoms with Crippen LogP contribution in [-0.2, 0) is 4.74 Å². The Morgan fingerprint density at radius 1 is 1.25 bits per heavy atom. The van der Waals surface area contributed by atoms with Crippen LogP contribution in [0.25, 0.3) is 0 Å². The Labute approximate surface area is 105 Å². The first-order valence-electron chi connectivity index (χ1n) is 4.42. The summed E-state index contributed by atoms with van der Waals surface area (Å²) < 4.78 is 40.7. The van der Waals surface area contributed by atoms with Gasteiger partial charge in [-0.25, -0.2) is 0 Å². The van der Waals surface area contributed by atoms with Crippen molar-refractivity contribution >= 4 is 27.5 Å². The standard InChI is InChI=1S/C10H9BrClF3O/c11-5-9(16-6-10(13,14)15)7-1-3-8(12)4-2-7/h1-4,9H,5-6H2. The van der Waals surface area contributed by atoms with Crippen molar-refractivity contribution in [3.8, 4) is 0 Å². The molecule has 90 valence electrons. The smallest absolute Gasteiger partial charge is 0.363 e. The van der Waals surface area contributed by atoms with Gasteiger partial charge in [0.15, 0.2) is 0 Å². The van der Waals surface area contributed by atoms with Gasteiger partial charge in [0.05, 0.1) is 6.10 Å². The third-order valence-electron chi connectivity index (χ3n) is 1.83. The van der Waals surface area contributed by atoms with Gasteiger partial charge in [-0.1, -0.05) is 39.7 Å². The quantitative estimate of drug-likeness (QED) is 0.750. The Morgan fingerprint density at radius 3 is 2.25 bits per heavy atom. The minimum atomic E-state index is -4.31. The second kappa shape index (κ2) is 5.89. The molecule has 1 rings (SSSR count). The van der Waals surface area contributed by atoms with Crippen LogP contribution in [-0.4, -0.2) is 18.1 Å². The van der Waals surface area contributed by atoms with Gasteiger partial charge in [-0.2, -0.15) is 13.2 Å². The second-order valence-corrected chi connectivity index (χ2v) is 4.20. The van der Waals surface area contributed by atoms with Gasteiger partial charge in [-0.15, -0.1) is 0 Å². The van der Waals surface area contributed by atoms with Gasteiger partial charge in [0, 0.05) is 10.4 Å². The molecule has 0 spiro atoms. The first kappa shape index (κ1) is 13.8. The molecule has 0 heterocycles. The van der Waals surface area contributed by atoms with Gasteiger partial charge in [0.2, 0.25) is 0 Å². The monoisotopic (exact) mass is 316 g/mol. The fourth-order valence-electron chi connectivity index (χ4n) is 1.10. The molecule has 0 aromatic heterocycles. The molecular weight excluding hydrogens is 308 g/mol. The Morgan fingerprint density at radius 2 is 1.81 bits per heavy atom. The molecule has 6 heteroatoms. The van der Waals surface area contributed by atoms with Gasteiger partial charge < -0.3 is 4.74 Å². The van der Waals surface area contributed by atoms with E-state index in [1.165, 1.54) is 0 Å². The molecule has 0 aliphatic carbocycles. The number of ether oxygens (including phenoxy) is 1. The fraction of sp³-hybridized carbons (Fsp3) is 0.400. The van der Waals surface area contributed by atoms with E-state index >= 15 is 0 Å². The summed E-state index contributed by atoms with van der Waals surface area (Å²) in [5.74, 6) is 0. The third kappa shape index (κ3) is 4.72. The van der Waals surface area contributed by atoms with Crippen molar-refractivity contribution in [2.75, 3.05) is 11.9 Å². The SMILES string of the molecule is FC(F)(F)COC(CBr)c1ccc(Cl)cc1. The van der Waals surface area contributed by atoms with E-state index in [0.717, 1.165) is 0 Å². The topological polar surface area (TPSA) is 9.23 Å². The van der Waals surface area contributed by atoms with Gasteiger partial charge in [0.1, 0.15) is 6.61 Å². The minimum absolute atomic E-state index is 0.296. The largest absolute Gasteiger partial charge is 0.411 e. The lowest BCUT2D eigenvalue weighted by atomic mass is 10.1. The molecule has 1 unspecified atom stereocenters. The maximum absolute atomic E-state index is 12.0. The highest BCUT2D eigenvalue weighted by atomic mass is 79.9. The van der Waals surface area contributed by atoms with Crippen LogP contribution in [0.2, 0.25) is 5.02 Å². The maximum Gasteiger partial charge on any atom is 0.411 e. The van der Waals surface area contributed by atoms with Crippen molar-refractivity contribution in [1.82, 2.24) is 0 Å². The van der Waals surface area contributed by atoms with Crippen LogP contribution in [0.15, 0.2) is 24.3 Å². The van der Waals surface area contributed by atoms with Crippen molar-refractivity contribution in [2.45, 2.75) is 12.3 Å². The molecule has 16 heavy (non-hydrogen) atoms. The van der Waals surface area contributed by atoms with Crippen LogP contribution >= 0.6 is 27.5 Å². The van der Waals surface area contributed by atoms with E-state index < -0.39 is 18.9 Å². The van der Waals surface area contributed by atoms with E-state index in [-0.39, 0.29) is 0 Å². The average Bonchev–Trinajstić information content (AvgIpc) is 2.20. The van der Waals surface area contributed by atoms with Crippen LogP contribution in [0, 0.1) is 0 Å². The lowest BCUT2D eigenvalue weighted by molar-refractivity contribution is -0.183.